The maximum Gasteiger partial charge on any atom is 0.239 e. The minimum atomic E-state index is -0.0648. The lowest BCUT2D eigenvalue weighted by molar-refractivity contribution is -0.137. The lowest BCUT2D eigenvalue weighted by Crippen LogP contribution is -2.46. The number of hydrogen-bond donors (Lipinski definition) is 2. The van der Waals surface area contributed by atoms with Gasteiger partial charge < -0.3 is 15.5 Å². The minimum absolute atomic E-state index is 0.0648. The average Bonchev–Trinajstić information content (AvgIpc) is 2.30. The summed E-state index contributed by atoms with van der Waals surface area (Å²) in [6, 6.07) is 0.265. The molecule has 0 bridgehead atoms. The van der Waals surface area contributed by atoms with Gasteiger partial charge in [-0.2, -0.15) is 0 Å². The average molecular weight is 241 g/mol. The van der Waals surface area contributed by atoms with Gasteiger partial charge >= 0.3 is 0 Å². The second kappa shape index (κ2) is 7.27. The third-order valence-corrected chi connectivity index (χ3v) is 2.91. The van der Waals surface area contributed by atoms with E-state index in [4.69, 9.17) is 0 Å². The molecule has 2 N–H and O–H groups in total. The Morgan fingerprint density at radius 3 is 2.88 bits per heavy atom. The summed E-state index contributed by atoms with van der Waals surface area (Å²) >= 11 is 0. The first-order chi connectivity index (χ1) is 8.13. The molecule has 0 unspecified atom stereocenters. The van der Waals surface area contributed by atoms with Crippen molar-refractivity contribution >= 4 is 11.8 Å². The SMILES string of the molecule is CCN[C@H](C)CNC(=O)CN1CCCCC1=O. The van der Waals surface area contributed by atoms with Crippen molar-refractivity contribution in [3.8, 4) is 0 Å². The van der Waals surface area contributed by atoms with Crippen molar-refractivity contribution in [2.45, 2.75) is 39.2 Å². The number of amides is 2. The molecule has 0 aromatic rings. The van der Waals surface area contributed by atoms with Gasteiger partial charge in [0.2, 0.25) is 11.8 Å². The predicted octanol–water partition coefficient (Wildman–Crippen LogP) is 0.113. The highest BCUT2D eigenvalue weighted by atomic mass is 16.2. The van der Waals surface area contributed by atoms with E-state index >= 15 is 0 Å². The van der Waals surface area contributed by atoms with Gasteiger partial charge in [-0.15, -0.1) is 0 Å². The molecule has 0 radical (unpaired) electrons. The van der Waals surface area contributed by atoms with Gasteiger partial charge in [0.1, 0.15) is 0 Å². The quantitative estimate of drug-likeness (QED) is 0.694. The van der Waals surface area contributed by atoms with Gasteiger partial charge in [0.25, 0.3) is 0 Å². The summed E-state index contributed by atoms with van der Waals surface area (Å²) in [6.45, 7) is 6.48. The van der Waals surface area contributed by atoms with E-state index in [1.807, 2.05) is 13.8 Å². The first-order valence-corrected chi connectivity index (χ1v) is 6.41. The number of rotatable bonds is 6. The smallest absolute Gasteiger partial charge is 0.239 e. The molecule has 1 rings (SSSR count). The van der Waals surface area contributed by atoms with Crippen LogP contribution in [0.3, 0.4) is 0 Å². The molecule has 5 heteroatoms. The van der Waals surface area contributed by atoms with E-state index in [0.717, 1.165) is 25.9 Å². The van der Waals surface area contributed by atoms with Crippen LogP contribution in [0.5, 0.6) is 0 Å². The summed E-state index contributed by atoms with van der Waals surface area (Å²) in [6.07, 6.45) is 2.54. The van der Waals surface area contributed by atoms with Crippen LogP contribution in [0.25, 0.3) is 0 Å². The molecular formula is C12H23N3O2. The molecule has 0 aromatic heterocycles. The van der Waals surface area contributed by atoms with Gasteiger partial charge in [0.15, 0.2) is 0 Å². The number of nitrogens with one attached hydrogen (secondary N) is 2. The van der Waals surface area contributed by atoms with Gasteiger partial charge in [-0.3, -0.25) is 9.59 Å². The number of nitrogens with zero attached hydrogens (tertiary/aromatic N) is 1. The third-order valence-electron chi connectivity index (χ3n) is 2.91. The van der Waals surface area contributed by atoms with E-state index in [1.165, 1.54) is 0 Å². The number of hydrogen-bond acceptors (Lipinski definition) is 3. The molecule has 0 saturated carbocycles. The van der Waals surface area contributed by atoms with Crippen LogP contribution in [-0.2, 0) is 9.59 Å². The summed E-state index contributed by atoms with van der Waals surface area (Å²) in [4.78, 5) is 24.8. The Labute approximate surface area is 103 Å². The molecular weight excluding hydrogens is 218 g/mol. The lowest BCUT2D eigenvalue weighted by atomic mass is 10.1. The van der Waals surface area contributed by atoms with Crippen LogP contribution in [-0.4, -0.2) is 48.9 Å². The molecule has 0 spiro atoms. The monoisotopic (exact) mass is 241 g/mol. The Balaban J connectivity index is 2.22. The van der Waals surface area contributed by atoms with Crippen LogP contribution in [0.2, 0.25) is 0 Å². The molecule has 2 amide bonds. The second-order valence-corrected chi connectivity index (χ2v) is 4.54. The fourth-order valence-electron chi connectivity index (χ4n) is 1.95. The molecule has 0 aliphatic carbocycles. The second-order valence-electron chi connectivity index (χ2n) is 4.54. The maximum atomic E-state index is 11.6. The zero-order valence-corrected chi connectivity index (χ0v) is 10.8. The Bertz CT molecular complexity index is 268. The largest absolute Gasteiger partial charge is 0.353 e. The Morgan fingerprint density at radius 1 is 1.47 bits per heavy atom. The predicted molar refractivity (Wildman–Crippen MR) is 66.6 cm³/mol. The molecule has 1 saturated heterocycles. The van der Waals surface area contributed by atoms with Crippen LogP contribution in [0, 0.1) is 0 Å². The Hall–Kier alpha value is -1.10. The van der Waals surface area contributed by atoms with Crippen LogP contribution in [0.4, 0.5) is 0 Å². The van der Waals surface area contributed by atoms with Gasteiger partial charge in [0.05, 0.1) is 6.54 Å². The van der Waals surface area contributed by atoms with Crippen molar-refractivity contribution in [3.63, 3.8) is 0 Å². The molecule has 0 aromatic carbocycles. The number of carbonyl (C=O) groups excluding carboxylic acids is 2. The van der Waals surface area contributed by atoms with Crippen LogP contribution < -0.4 is 10.6 Å². The maximum absolute atomic E-state index is 11.6. The van der Waals surface area contributed by atoms with E-state index in [1.54, 1.807) is 4.90 Å². The molecule has 1 aliphatic heterocycles. The molecule has 17 heavy (non-hydrogen) atoms. The van der Waals surface area contributed by atoms with Gasteiger partial charge in [-0.05, 0) is 26.3 Å². The summed E-state index contributed by atoms with van der Waals surface area (Å²) in [7, 11) is 0. The van der Waals surface area contributed by atoms with Crippen molar-refractivity contribution in [2.75, 3.05) is 26.2 Å². The normalized spacial score (nSPS) is 18.0. The summed E-state index contributed by atoms with van der Waals surface area (Å²) in [5.41, 5.74) is 0. The van der Waals surface area contributed by atoms with E-state index in [2.05, 4.69) is 10.6 Å². The van der Waals surface area contributed by atoms with Crippen molar-refractivity contribution in [3.05, 3.63) is 0 Å². The summed E-state index contributed by atoms with van der Waals surface area (Å²) in [5.74, 6) is 0.0381. The Kier molecular flexibility index (Phi) is 5.97. The molecule has 98 valence electrons. The van der Waals surface area contributed by atoms with E-state index in [0.29, 0.717) is 13.0 Å². The zero-order valence-electron chi connectivity index (χ0n) is 10.8. The van der Waals surface area contributed by atoms with Crippen molar-refractivity contribution < 1.29 is 9.59 Å². The first-order valence-electron chi connectivity index (χ1n) is 6.41. The van der Waals surface area contributed by atoms with E-state index in [-0.39, 0.29) is 24.4 Å². The van der Waals surface area contributed by atoms with Crippen molar-refractivity contribution in [2.24, 2.45) is 0 Å². The number of piperidine rings is 1. The number of likely N-dealkylation sites (N-methyl/N-ethyl adjacent to an activating group) is 1. The standard InChI is InChI=1S/C12H23N3O2/c1-3-13-10(2)8-14-11(16)9-15-7-5-4-6-12(15)17/h10,13H,3-9H2,1-2H3,(H,14,16)/t10-/m1/s1. The van der Waals surface area contributed by atoms with Crippen LogP contribution in [0.1, 0.15) is 33.1 Å². The minimum Gasteiger partial charge on any atom is -0.353 e. The highest BCUT2D eigenvalue weighted by Crippen LogP contribution is 2.09. The highest BCUT2D eigenvalue weighted by molar-refractivity contribution is 5.85. The lowest BCUT2D eigenvalue weighted by Gasteiger charge is -2.26. The van der Waals surface area contributed by atoms with Crippen molar-refractivity contribution in [1.82, 2.24) is 15.5 Å². The van der Waals surface area contributed by atoms with E-state index in [9.17, 15) is 9.59 Å². The number of carbonyl (C=O) groups is 2. The molecule has 1 aliphatic rings. The van der Waals surface area contributed by atoms with Gasteiger partial charge in [-0.1, -0.05) is 6.92 Å². The third kappa shape index (κ3) is 5.17. The van der Waals surface area contributed by atoms with Gasteiger partial charge in [0, 0.05) is 25.6 Å². The van der Waals surface area contributed by atoms with Crippen molar-refractivity contribution in [1.29, 1.82) is 0 Å². The summed E-state index contributed by atoms with van der Waals surface area (Å²) in [5, 5.41) is 6.06. The fourth-order valence-corrected chi connectivity index (χ4v) is 1.95. The zero-order chi connectivity index (χ0) is 12.7. The summed E-state index contributed by atoms with van der Waals surface area (Å²) < 4.78 is 0. The highest BCUT2D eigenvalue weighted by Gasteiger charge is 2.20. The Morgan fingerprint density at radius 2 is 2.24 bits per heavy atom. The number of likely N-dealkylation sites (tertiary alicyclic amines) is 1. The molecule has 5 nitrogen and oxygen atoms in total. The van der Waals surface area contributed by atoms with E-state index < -0.39 is 0 Å². The molecule has 1 fully saturated rings. The first kappa shape index (κ1) is 14.0. The molecule has 1 heterocycles. The van der Waals surface area contributed by atoms with Crippen LogP contribution >= 0.6 is 0 Å². The topological polar surface area (TPSA) is 61.4 Å². The van der Waals surface area contributed by atoms with Gasteiger partial charge in [-0.25, -0.2) is 0 Å². The van der Waals surface area contributed by atoms with Crippen LogP contribution in [0.15, 0.2) is 0 Å². The fraction of sp³-hybridized carbons (Fsp3) is 0.833. The molecule has 1 atom stereocenters.